The van der Waals surface area contributed by atoms with Gasteiger partial charge in [0.05, 0.1) is 5.02 Å². The number of rotatable bonds is 2. The number of carbonyl (C=O) groups excluding carboxylic acids is 1. The molecule has 1 saturated carbocycles. The fourth-order valence-corrected chi connectivity index (χ4v) is 2.09. The van der Waals surface area contributed by atoms with Gasteiger partial charge in [-0.1, -0.05) is 11.6 Å². The molecule has 86 valence electrons. The number of halogens is 2. The van der Waals surface area contributed by atoms with Crippen LogP contribution in [0.2, 0.25) is 5.02 Å². The first-order chi connectivity index (χ1) is 7.65. The average Bonchev–Trinajstić information content (AvgIpc) is 2.27. The van der Waals surface area contributed by atoms with Gasteiger partial charge in [-0.25, -0.2) is 4.39 Å². The molecule has 0 spiro atoms. The van der Waals surface area contributed by atoms with Crippen molar-refractivity contribution in [3.63, 3.8) is 0 Å². The van der Waals surface area contributed by atoms with E-state index in [4.69, 9.17) is 11.6 Å². The van der Waals surface area contributed by atoms with Gasteiger partial charge < -0.3 is 5.32 Å². The summed E-state index contributed by atoms with van der Waals surface area (Å²) in [6.07, 6.45) is 2.95. The Hall–Kier alpha value is -1.09. The van der Waals surface area contributed by atoms with E-state index in [1.165, 1.54) is 6.07 Å². The Kier molecular flexibility index (Phi) is 3.44. The third kappa shape index (κ3) is 2.73. The van der Waals surface area contributed by atoms with Crippen LogP contribution in [0.5, 0.6) is 0 Å². The van der Waals surface area contributed by atoms with Gasteiger partial charge in [0.25, 0.3) is 0 Å². The van der Waals surface area contributed by atoms with Crippen LogP contribution in [0.4, 0.5) is 10.1 Å². The van der Waals surface area contributed by atoms with Crippen LogP contribution >= 0.6 is 11.6 Å². The highest BCUT2D eigenvalue weighted by Crippen LogP contribution is 2.23. The Morgan fingerprint density at radius 3 is 2.62 bits per heavy atom. The smallest absolute Gasteiger partial charge is 0.141 e. The maximum Gasteiger partial charge on any atom is 0.141 e. The molecule has 0 aromatic heterocycles. The largest absolute Gasteiger partial charge is 0.382 e. The maximum absolute atomic E-state index is 12.9. The first kappa shape index (κ1) is 11.4. The van der Waals surface area contributed by atoms with Crippen LogP contribution in [0.15, 0.2) is 18.2 Å². The minimum absolute atomic E-state index is 0.122. The molecule has 2 rings (SSSR count). The zero-order valence-electron chi connectivity index (χ0n) is 8.80. The summed E-state index contributed by atoms with van der Waals surface area (Å²) in [5.41, 5.74) is 0.811. The third-order valence-corrected chi connectivity index (χ3v) is 3.12. The maximum atomic E-state index is 12.9. The monoisotopic (exact) mass is 241 g/mol. The summed E-state index contributed by atoms with van der Waals surface area (Å²) in [6.45, 7) is 0. The van der Waals surface area contributed by atoms with E-state index in [0.29, 0.717) is 24.7 Å². The Balaban J connectivity index is 1.98. The van der Waals surface area contributed by atoms with E-state index in [-0.39, 0.29) is 5.02 Å². The molecule has 0 bridgehead atoms. The second-order valence-electron chi connectivity index (χ2n) is 4.09. The minimum Gasteiger partial charge on any atom is -0.382 e. The molecule has 1 aliphatic rings. The van der Waals surface area contributed by atoms with E-state index in [1.807, 2.05) is 0 Å². The van der Waals surface area contributed by atoms with Crippen molar-refractivity contribution in [1.82, 2.24) is 0 Å². The molecule has 1 N–H and O–H groups in total. The van der Waals surface area contributed by atoms with E-state index >= 15 is 0 Å². The molecule has 0 radical (unpaired) electrons. The van der Waals surface area contributed by atoms with Gasteiger partial charge in [0.2, 0.25) is 0 Å². The summed E-state index contributed by atoms with van der Waals surface area (Å²) in [4.78, 5) is 11.1. The lowest BCUT2D eigenvalue weighted by Crippen LogP contribution is -2.25. The highest BCUT2D eigenvalue weighted by molar-refractivity contribution is 6.31. The van der Waals surface area contributed by atoms with Gasteiger partial charge in [-0.15, -0.1) is 0 Å². The fraction of sp³-hybridized carbons (Fsp3) is 0.417. The molecule has 0 aliphatic heterocycles. The zero-order valence-corrected chi connectivity index (χ0v) is 9.56. The number of ketones is 1. The summed E-state index contributed by atoms with van der Waals surface area (Å²) in [5, 5.41) is 3.39. The molecule has 2 nitrogen and oxygen atoms in total. The Morgan fingerprint density at radius 2 is 2.00 bits per heavy atom. The molecule has 4 heteroatoms. The Bertz CT molecular complexity index is 398. The summed E-state index contributed by atoms with van der Waals surface area (Å²) in [7, 11) is 0. The molecular formula is C12H13ClFNO. The summed E-state index contributed by atoms with van der Waals surface area (Å²) >= 11 is 5.69. The quantitative estimate of drug-likeness (QED) is 0.860. The van der Waals surface area contributed by atoms with Crippen molar-refractivity contribution < 1.29 is 9.18 Å². The van der Waals surface area contributed by atoms with Crippen LogP contribution in [-0.4, -0.2) is 11.8 Å². The van der Waals surface area contributed by atoms with E-state index in [0.717, 1.165) is 18.5 Å². The molecule has 16 heavy (non-hydrogen) atoms. The van der Waals surface area contributed by atoms with Gasteiger partial charge in [-0.2, -0.15) is 0 Å². The first-order valence-electron chi connectivity index (χ1n) is 5.38. The van der Waals surface area contributed by atoms with Gasteiger partial charge in [-0.05, 0) is 31.0 Å². The number of hydrogen-bond donors (Lipinski definition) is 1. The summed E-state index contributed by atoms with van der Waals surface area (Å²) in [6, 6.07) is 4.88. The number of anilines is 1. The third-order valence-electron chi connectivity index (χ3n) is 2.83. The molecule has 0 heterocycles. The van der Waals surface area contributed by atoms with Gasteiger partial charge >= 0.3 is 0 Å². The second kappa shape index (κ2) is 4.83. The summed E-state index contributed by atoms with van der Waals surface area (Å²) in [5.74, 6) is -0.0822. The lowest BCUT2D eigenvalue weighted by Gasteiger charge is -2.23. The predicted molar refractivity (Wildman–Crippen MR) is 62.3 cm³/mol. The first-order valence-corrected chi connectivity index (χ1v) is 5.76. The number of nitrogens with one attached hydrogen (secondary N) is 1. The number of hydrogen-bond acceptors (Lipinski definition) is 2. The van der Waals surface area contributed by atoms with Crippen LogP contribution in [0.25, 0.3) is 0 Å². The zero-order chi connectivity index (χ0) is 11.5. The molecule has 1 fully saturated rings. The molecule has 1 aliphatic carbocycles. The summed E-state index contributed by atoms with van der Waals surface area (Å²) < 4.78 is 12.9. The van der Waals surface area contributed by atoms with Crippen molar-refractivity contribution in [2.45, 2.75) is 31.7 Å². The standard InChI is InChI=1S/C12H13ClFNO/c13-11-7-9(3-6-12(11)14)15-8-1-4-10(16)5-2-8/h3,6-8,15H,1-2,4-5H2. The average molecular weight is 242 g/mol. The van der Waals surface area contributed by atoms with E-state index in [9.17, 15) is 9.18 Å². The lowest BCUT2D eigenvalue weighted by molar-refractivity contribution is -0.120. The lowest BCUT2D eigenvalue weighted by atomic mass is 9.94. The van der Waals surface area contributed by atoms with E-state index in [2.05, 4.69) is 5.32 Å². The number of Topliss-reactive ketones (excluding diaryl/α,β-unsaturated/α-hetero) is 1. The van der Waals surface area contributed by atoms with Crippen LogP contribution in [0.1, 0.15) is 25.7 Å². The van der Waals surface area contributed by atoms with Gasteiger partial charge in [-0.3, -0.25) is 4.79 Å². The topological polar surface area (TPSA) is 29.1 Å². The number of carbonyl (C=O) groups is 1. The van der Waals surface area contributed by atoms with Crippen molar-refractivity contribution in [2.24, 2.45) is 0 Å². The van der Waals surface area contributed by atoms with Gasteiger partial charge in [0, 0.05) is 24.6 Å². The van der Waals surface area contributed by atoms with Crippen LogP contribution in [-0.2, 0) is 4.79 Å². The molecule has 1 aromatic carbocycles. The predicted octanol–water partition coefficient (Wildman–Crippen LogP) is 3.40. The highest BCUT2D eigenvalue weighted by Gasteiger charge is 2.18. The van der Waals surface area contributed by atoms with Crippen LogP contribution in [0.3, 0.4) is 0 Å². The van der Waals surface area contributed by atoms with Crippen LogP contribution in [0, 0.1) is 5.82 Å². The fourth-order valence-electron chi connectivity index (χ4n) is 1.91. The molecule has 1 aromatic rings. The molecule has 0 saturated heterocycles. The van der Waals surface area contributed by atoms with Gasteiger partial charge in [0.15, 0.2) is 0 Å². The molecule has 0 amide bonds. The van der Waals surface area contributed by atoms with Gasteiger partial charge in [0.1, 0.15) is 11.6 Å². The molecule has 0 unspecified atom stereocenters. The van der Waals surface area contributed by atoms with E-state index in [1.54, 1.807) is 12.1 Å². The Labute approximate surface area is 98.8 Å². The van der Waals surface area contributed by atoms with Crippen LogP contribution < -0.4 is 5.32 Å². The highest BCUT2D eigenvalue weighted by atomic mass is 35.5. The van der Waals surface area contributed by atoms with Crippen molar-refractivity contribution in [2.75, 3.05) is 5.32 Å². The van der Waals surface area contributed by atoms with Crippen molar-refractivity contribution >= 4 is 23.1 Å². The SMILES string of the molecule is O=C1CCC(Nc2ccc(F)c(Cl)c2)CC1. The second-order valence-corrected chi connectivity index (χ2v) is 4.49. The van der Waals surface area contributed by atoms with E-state index < -0.39 is 5.82 Å². The number of benzene rings is 1. The molecular weight excluding hydrogens is 229 g/mol. The normalized spacial score (nSPS) is 17.5. The Morgan fingerprint density at radius 1 is 1.31 bits per heavy atom. The van der Waals surface area contributed by atoms with Crippen molar-refractivity contribution in [3.8, 4) is 0 Å². The van der Waals surface area contributed by atoms with Crippen molar-refractivity contribution in [1.29, 1.82) is 0 Å². The van der Waals surface area contributed by atoms with Crippen molar-refractivity contribution in [3.05, 3.63) is 29.0 Å². The minimum atomic E-state index is -0.411. The molecule has 0 atom stereocenters.